The van der Waals surface area contributed by atoms with Crippen LogP contribution in [0.25, 0.3) is 0 Å². The summed E-state index contributed by atoms with van der Waals surface area (Å²) in [6.45, 7) is 1.99. The van der Waals surface area contributed by atoms with Crippen molar-refractivity contribution in [3.8, 4) is 6.07 Å². The predicted octanol–water partition coefficient (Wildman–Crippen LogP) is 5.03. The summed E-state index contributed by atoms with van der Waals surface area (Å²) < 4.78 is 0.789. The van der Waals surface area contributed by atoms with Crippen molar-refractivity contribution in [3.05, 3.63) is 57.0 Å². The number of halogens is 2. The van der Waals surface area contributed by atoms with E-state index < -0.39 is 0 Å². The third-order valence-corrected chi connectivity index (χ3v) is 3.91. The molecule has 0 radical (unpaired) electrons. The first-order valence-corrected chi connectivity index (χ1v) is 6.50. The van der Waals surface area contributed by atoms with Crippen molar-refractivity contribution in [2.75, 3.05) is 5.32 Å². The molecule has 0 aliphatic rings. The molecular weight excluding hydrogens is 312 g/mol. The molecule has 0 atom stereocenters. The Kier molecular flexibility index (Phi) is 3.90. The lowest BCUT2D eigenvalue weighted by Crippen LogP contribution is -1.95. The highest BCUT2D eigenvalue weighted by molar-refractivity contribution is 9.10. The summed E-state index contributed by atoms with van der Waals surface area (Å²) in [4.78, 5) is 0. The molecule has 0 unspecified atom stereocenters. The van der Waals surface area contributed by atoms with Gasteiger partial charge in [0.05, 0.1) is 26.4 Å². The summed E-state index contributed by atoms with van der Waals surface area (Å²) in [7, 11) is 0. The maximum atomic E-state index is 9.08. The zero-order valence-electron chi connectivity index (χ0n) is 9.67. The van der Waals surface area contributed by atoms with Gasteiger partial charge < -0.3 is 5.32 Å². The number of nitrogens with one attached hydrogen (secondary N) is 1. The average molecular weight is 322 g/mol. The fourth-order valence-electron chi connectivity index (χ4n) is 1.60. The number of anilines is 2. The molecule has 0 aliphatic heterocycles. The molecule has 0 spiro atoms. The second-order valence-corrected chi connectivity index (χ2v) is 5.09. The molecule has 2 rings (SSSR count). The topological polar surface area (TPSA) is 35.8 Å². The second-order valence-electron chi connectivity index (χ2n) is 3.89. The van der Waals surface area contributed by atoms with Crippen LogP contribution in [0.4, 0.5) is 11.4 Å². The van der Waals surface area contributed by atoms with Crippen LogP contribution in [0.5, 0.6) is 0 Å². The Bertz CT molecular complexity index is 632. The summed E-state index contributed by atoms with van der Waals surface area (Å²) in [5, 5.41) is 12.9. The fourth-order valence-corrected chi connectivity index (χ4v) is 2.14. The monoisotopic (exact) mass is 320 g/mol. The van der Waals surface area contributed by atoms with E-state index in [0.29, 0.717) is 10.6 Å². The van der Waals surface area contributed by atoms with Gasteiger partial charge in [-0.15, -0.1) is 0 Å². The number of hydrogen-bond donors (Lipinski definition) is 1. The first kappa shape index (κ1) is 12.9. The molecule has 0 aliphatic carbocycles. The Morgan fingerprint density at radius 2 is 2.00 bits per heavy atom. The van der Waals surface area contributed by atoms with Crippen molar-refractivity contribution >= 4 is 38.9 Å². The number of aryl methyl sites for hydroxylation is 1. The van der Waals surface area contributed by atoms with Crippen LogP contribution in [0, 0.1) is 18.3 Å². The zero-order chi connectivity index (χ0) is 13.1. The third kappa shape index (κ3) is 2.66. The standard InChI is InChI=1S/C14H10BrClN2/c1-9-5-6-10(8-17)13(7-9)18-12-4-2-3-11(16)14(12)15/h2-7,18H,1H3. The van der Waals surface area contributed by atoms with Crippen molar-refractivity contribution in [3.63, 3.8) is 0 Å². The van der Waals surface area contributed by atoms with E-state index >= 15 is 0 Å². The first-order valence-electron chi connectivity index (χ1n) is 5.33. The quantitative estimate of drug-likeness (QED) is 0.842. The minimum Gasteiger partial charge on any atom is -0.353 e. The van der Waals surface area contributed by atoms with Crippen molar-refractivity contribution in [2.24, 2.45) is 0 Å². The van der Waals surface area contributed by atoms with Gasteiger partial charge in [-0.3, -0.25) is 0 Å². The number of nitriles is 1. The zero-order valence-corrected chi connectivity index (χ0v) is 12.0. The van der Waals surface area contributed by atoms with Crippen LogP contribution in [0.1, 0.15) is 11.1 Å². The summed E-state index contributed by atoms with van der Waals surface area (Å²) in [6.07, 6.45) is 0. The molecule has 2 aromatic rings. The minimum absolute atomic E-state index is 0.604. The van der Waals surface area contributed by atoms with Crippen molar-refractivity contribution in [1.82, 2.24) is 0 Å². The highest BCUT2D eigenvalue weighted by atomic mass is 79.9. The van der Waals surface area contributed by atoms with E-state index in [1.54, 1.807) is 12.1 Å². The van der Waals surface area contributed by atoms with Gasteiger partial charge in [-0.05, 0) is 52.7 Å². The lowest BCUT2D eigenvalue weighted by atomic mass is 10.1. The maximum Gasteiger partial charge on any atom is 0.101 e. The molecule has 0 bridgehead atoms. The van der Waals surface area contributed by atoms with Crippen LogP contribution >= 0.6 is 27.5 Å². The van der Waals surface area contributed by atoms with Gasteiger partial charge >= 0.3 is 0 Å². The Morgan fingerprint density at radius 3 is 2.72 bits per heavy atom. The molecule has 0 saturated carbocycles. The molecule has 0 heterocycles. The van der Waals surface area contributed by atoms with E-state index in [-0.39, 0.29) is 0 Å². The molecule has 90 valence electrons. The van der Waals surface area contributed by atoms with Gasteiger partial charge in [0.2, 0.25) is 0 Å². The minimum atomic E-state index is 0.604. The van der Waals surface area contributed by atoms with Crippen LogP contribution in [0.2, 0.25) is 5.02 Å². The summed E-state index contributed by atoms with van der Waals surface area (Å²) in [5.41, 5.74) is 3.31. The highest BCUT2D eigenvalue weighted by Crippen LogP contribution is 2.33. The summed E-state index contributed by atoms with van der Waals surface area (Å²) in [5.74, 6) is 0. The number of nitrogens with zero attached hydrogens (tertiary/aromatic N) is 1. The van der Waals surface area contributed by atoms with Crippen LogP contribution < -0.4 is 5.32 Å². The fraction of sp³-hybridized carbons (Fsp3) is 0.0714. The van der Waals surface area contributed by atoms with E-state index in [1.807, 2.05) is 31.2 Å². The van der Waals surface area contributed by atoms with Gasteiger partial charge in [0.15, 0.2) is 0 Å². The molecule has 2 nitrogen and oxygen atoms in total. The van der Waals surface area contributed by atoms with Crippen LogP contribution in [0.15, 0.2) is 40.9 Å². The van der Waals surface area contributed by atoms with E-state index in [2.05, 4.69) is 27.3 Å². The molecule has 0 amide bonds. The van der Waals surface area contributed by atoms with Crippen LogP contribution in [0.3, 0.4) is 0 Å². The second kappa shape index (κ2) is 5.43. The van der Waals surface area contributed by atoms with Gasteiger partial charge in [0.25, 0.3) is 0 Å². The normalized spacial score (nSPS) is 9.89. The van der Waals surface area contributed by atoms with E-state index in [0.717, 1.165) is 21.4 Å². The Morgan fingerprint density at radius 1 is 1.22 bits per heavy atom. The molecular formula is C14H10BrClN2. The van der Waals surface area contributed by atoms with Crippen LogP contribution in [-0.2, 0) is 0 Å². The number of hydrogen-bond acceptors (Lipinski definition) is 2. The summed E-state index contributed by atoms with van der Waals surface area (Å²) >= 11 is 9.46. The smallest absolute Gasteiger partial charge is 0.101 e. The Labute approximate surface area is 119 Å². The number of benzene rings is 2. The number of rotatable bonds is 2. The maximum absolute atomic E-state index is 9.08. The van der Waals surface area contributed by atoms with Gasteiger partial charge in [-0.1, -0.05) is 23.7 Å². The molecule has 2 aromatic carbocycles. The third-order valence-electron chi connectivity index (χ3n) is 2.52. The van der Waals surface area contributed by atoms with Gasteiger partial charge in [0.1, 0.15) is 6.07 Å². The average Bonchev–Trinajstić information content (AvgIpc) is 2.35. The molecule has 1 N–H and O–H groups in total. The Balaban J connectivity index is 2.43. The molecule has 18 heavy (non-hydrogen) atoms. The van der Waals surface area contributed by atoms with Crippen LogP contribution in [-0.4, -0.2) is 0 Å². The van der Waals surface area contributed by atoms with E-state index in [1.165, 1.54) is 0 Å². The molecule has 4 heteroatoms. The lowest BCUT2D eigenvalue weighted by molar-refractivity contribution is 1.40. The molecule has 0 saturated heterocycles. The molecule has 0 aromatic heterocycles. The van der Waals surface area contributed by atoms with Crippen molar-refractivity contribution in [2.45, 2.75) is 6.92 Å². The summed E-state index contributed by atoms with van der Waals surface area (Å²) in [6, 6.07) is 13.4. The highest BCUT2D eigenvalue weighted by Gasteiger charge is 2.07. The SMILES string of the molecule is Cc1ccc(C#N)c(Nc2cccc(Cl)c2Br)c1. The van der Waals surface area contributed by atoms with E-state index in [4.69, 9.17) is 16.9 Å². The predicted molar refractivity (Wildman–Crippen MR) is 78.3 cm³/mol. The van der Waals surface area contributed by atoms with Gasteiger partial charge in [-0.25, -0.2) is 0 Å². The van der Waals surface area contributed by atoms with Crippen molar-refractivity contribution in [1.29, 1.82) is 5.26 Å². The first-order chi connectivity index (χ1) is 8.61. The van der Waals surface area contributed by atoms with E-state index in [9.17, 15) is 0 Å². The van der Waals surface area contributed by atoms with Crippen molar-refractivity contribution < 1.29 is 0 Å². The largest absolute Gasteiger partial charge is 0.353 e. The van der Waals surface area contributed by atoms with Gasteiger partial charge in [0, 0.05) is 0 Å². The molecule has 0 fully saturated rings. The Hall–Kier alpha value is -1.50. The lowest BCUT2D eigenvalue weighted by Gasteiger charge is -2.11. The van der Waals surface area contributed by atoms with Gasteiger partial charge in [-0.2, -0.15) is 5.26 Å².